The fourth-order valence-electron chi connectivity index (χ4n) is 2.16. The summed E-state index contributed by atoms with van der Waals surface area (Å²) >= 11 is 7.21. The molecule has 0 aliphatic heterocycles. The highest BCUT2D eigenvalue weighted by Gasteiger charge is 2.15. The molecule has 0 saturated heterocycles. The largest absolute Gasteiger partial charge is 0.345 e. The van der Waals surface area contributed by atoms with E-state index in [-0.39, 0.29) is 5.78 Å². The number of halogens is 1. The number of allylic oxidation sites excluding steroid dienone is 1. The number of pyridine rings is 1. The van der Waals surface area contributed by atoms with Gasteiger partial charge in [-0.1, -0.05) is 29.4 Å². The molecule has 2 heterocycles. The quantitative estimate of drug-likeness (QED) is 0.452. The van der Waals surface area contributed by atoms with E-state index < -0.39 is 0 Å². The lowest BCUT2D eigenvalue weighted by Crippen LogP contribution is -2.06. The van der Waals surface area contributed by atoms with Crippen molar-refractivity contribution in [2.24, 2.45) is 0 Å². The Balaban J connectivity index is 2.08. The molecule has 0 radical (unpaired) electrons. The first-order valence-corrected chi connectivity index (χ1v) is 7.94. The van der Waals surface area contributed by atoms with Crippen molar-refractivity contribution in [2.45, 2.75) is 25.4 Å². The third-order valence-electron chi connectivity index (χ3n) is 3.24. The fourth-order valence-corrected chi connectivity index (χ4v) is 3.00. The van der Waals surface area contributed by atoms with Gasteiger partial charge >= 0.3 is 0 Å². The molecule has 0 atom stereocenters. The lowest BCUT2D eigenvalue weighted by Gasteiger charge is -2.06. The summed E-state index contributed by atoms with van der Waals surface area (Å²) < 4.78 is 2.09. The Labute approximate surface area is 134 Å². The molecule has 110 valence electrons. The van der Waals surface area contributed by atoms with Crippen LogP contribution in [0.2, 0.25) is 5.02 Å². The monoisotopic (exact) mass is 320 g/mol. The van der Waals surface area contributed by atoms with Gasteiger partial charge in [0.2, 0.25) is 0 Å². The predicted octanol–water partition coefficient (Wildman–Crippen LogP) is 4.31. The van der Waals surface area contributed by atoms with Crippen LogP contribution >= 0.6 is 23.4 Å². The lowest BCUT2D eigenvalue weighted by atomic mass is 10.2. The van der Waals surface area contributed by atoms with Crippen LogP contribution in [-0.4, -0.2) is 21.1 Å². The van der Waals surface area contributed by atoms with Gasteiger partial charge in [-0.3, -0.25) is 4.79 Å². The van der Waals surface area contributed by atoms with E-state index in [4.69, 9.17) is 11.6 Å². The normalized spacial score (nSPS) is 10.6. The Kier molecular flexibility index (Phi) is 5.26. The second kappa shape index (κ2) is 6.96. The third kappa shape index (κ3) is 3.77. The van der Waals surface area contributed by atoms with Crippen LogP contribution in [0.5, 0.6) is 0 Å². The molecule has 21 heavy (non-hydrogen) atoms. The number of hydrogen-bond acceptors (Lipinski definition) is 3. The second-order valence-electron chi connectivity index (χ2n) is 4.71. The maximum absolute atomic E-state index is 12.4. The second-order valence-corrected chi connectivity index (χ2v) is 6.14. The first-order valence-electron chi connectivity index (χ1n) is 6.58. The molecule has 0 fully saturated rings. The molecule has 0 aromatic carbocycles. The van der Waals surface area contributed by atoms with Crippen LogP contribution in [0.1, 0.15) is 21.7 Å². The van der Waals surface area contributed by atoms with E-state index in [0.29, 0.717) is 10.8 Å². The van der Waals surface area contributed by atoms with Crippen molar-refractivity contribution in [3.63, 3.8) is 0 Å². The van der Waals surface area contributed by atoms with Crippen LogP contribution in [-0.2, 0) is 6.54 Å². The molecule has 2 aromatic heterocycles. The molecular weight excluding hydrogens is 304 g/mol. The summed E-state index contributed by atoms with van der Waals surface area (Å²) in [7, 11) is 0. The molecule has 0 spiro atoms. The van der Waals surface area contributed by atoms with Crippen LogP contribution in [0.4, 0.5) is 0 Å². The zero-order valence-corrected chi connectivity index (χ0v) is 13.7. The molecule has 2 rings (SSSR count). The maximum atomic E-state index is 12.4. The molecule has 2 aromatic rings. The highest BCUT2D eigenvalue weighted by Crippen LogP contribution is 2.21. The van der Waals surface area contributed by atoms with Gasteiger partial charge in [0.25, 0.3) is 0 Å². The number of Topliss-reactive ketones (excluding diaryl/α,β-unsaturated/α-hetero) is 1. The first-order chi connectivity index (χ1) is 10.0. The minimum Gasteiger partial charge on any atom is -0.345 e. The van der Waals surface area contributed by atoms with Crippen LogP contribution < -0.4 is 0 Å². The highest BCUT2D eigenvalue weighted by molar-refractivity contribution is 7.99. The van der Waals surface area contributed by atoms with Crippen LogP contribution in [0, 0.1) is 13.8 Å². The zero-order chi connectivity index (χ0) is 15.4. The van der Waals surface area contributed by atoms with Gasteiger partial charge in [0, 0.05) is 29.7 Å². The van der Waals surface area contributed by atoms with Gasteiger partial charge in [-0.2, -0.15) is 0 Å². The molecule has 0 saturated carbocycles. The maximum Gasteiger partial charge on any atom is 0.174 e. The first kappa shape index (κ1) is 15.9. The third-order valence-corrected chi connectivity index (χ3v) is 4.40. The Morgan fingerprint density at radius 3 is 2.86 bits per heavy atom. The molecule has 3 nitrogen and oxygen atoms in total. The van der Waals surface area contributed by atoms with E-state index in [2.05, 4.69) is 16.1 Å². The van der Waals surface area contributed by atoms with Crippen molar-refractivity contribution < 1.29 is 4.79 Å². The SMILES string of the molecule is C=CCn1c(C)cc(C(=O)CSc2ccc(Cl)cn2)c1C. The Morgan fingerprint density at radius 1 is 1.48 bits per heavy atom. The molecule has 0 aliphatic carbocycles. The van der Waals surface area contributed by atoms with Crippen molar-refractivity contribution in [2.75, 3.05) is 5.75 Å². The number of nitrogens with zero attached hydrogens (tertiary/aromatic N) is 2. The fraction of sp³-hybridized carbons (Fsp3) is 0.250. The standard InChI is InChI=1S/C16H17ClN2OS/c1-4-7-19-11(2)8-14(12(19)3)15(20)10-21-16-6-5-13(17)9-18-16/h4-6,8-9H,1,7,10H2,2-3H3. The van der Waals surface area contributed by atoms with E-state index in [9.17, 15) is 4.79 Å². The van der Waals surface area contributed by atoms with E-state index in [0.717, 1.165) is 28.5 Å². The Bertz CT molecular complexity index is 662. The molecule has 0 unspecified atom stereocenters. The van der Waals surface area contributed by atoms with Gasteiger partial charge in [0.15, 0.2) is 5.78 Å². The van der Waals surface area contributed by atoms with Gasteiger partial charge < -0.3 is 4.57 Å². The molecule has 5 heteroatoms. The van der Waals surface area contributed by atoms with Crippen molar-refractivity contribution in [1.29, 1.82) is 0 Å². The van der Waals surface area contributed by atoms with Gasteiger partial charge in [-0.25, -0.2) is 4.98 Å². The minimum atomic E-state index is 0.111. The average molecular weight is 321 g/mol. The highest BCUT2D eigenvalue weighted by atomic mass is 35.5. The van der Waals surface area contributed by atoms with Gasteiger partial charge in [-0.15, -0.1) is 6.58 Å². The summed E-state index contributed by atoms with van der Waals surface area (Å²) in [6, 6.07) is 5.54. The summed E-state index contributed by atoms with van der Waals surface area (Å²) in [5, 5.41) is 1.39. The van der Waals surface area contributed by atoms with E-state index in [1.165, 1.54) is 11.8 Å². The lowest BCUT2D eigenvalue weighted by molar-refractivity contribution is 0.102. The number of rotatable bonds is 6. The Hall–Kier alpha value is -1.52. The number of hydrogen-bond donors (Lipinski definition) is 0. The summed E-state index contributed by atoms with van der Waals surface area (Å²) in [6.07, 6.45) is 3.42. The minimum absolute atomic E-state index is 0.111. The van der Waals surface area contributed by atoms with Crippen LogP contribution in [0.15, 0.2) is 42.1 Å². The molecule has 0 aliphatic rings. The number of ketones is 1. The molecule has 0 amide bonds. The summed E-state index contributed by atoms with van der Waals surface area (Å²) in [6.45, 7) is 8.43. The predicted molar refractivity (Wildman–Crippen MR) is 88.4 cm³/mol. The van der Waals surface area contributed by atoms with Crippen LogP contribution in [0.25, 0.3) is 0 Å². The number of aryl methyl sites for hydroxylation is 1. The molecule has 0 N–H and O–H groups in total. The van der Waals surface area contributed by atoms with Crippen molar-refractivity contribution in [3.8, 4) is 0 Å². The number of carbonyl (C=O) groups is 1. The average Bonchev–Trinajstić information content (AvgIpc) is 2.75. The molecular formula is C16H17ClN2OS. The number of thioether (sulfide) groups is 1. The van der Waals surface area contributed by atoms with Crippen molar-refractivity contribution >= 4 is 29.1 Å². The van der Waals surface area contributed by atoms with E-state index in [1.54, 1.807) is 12.3 Å². The van der Waals surface area contributed by atoms with Gasteiger partial charge in [0.05, 0.1) is 15.8 Å². The number of carbonyl (C=O) groups excluding carboxylic acids is 1. The van der Waals surface area contributed by atoms with E-state index >= 15 is 0 Å². The number of aromatic nitrogens is 2. The van der Waals surface area contributed by atoms with Gasteiger partial charge in [-0.05, 0) is 32.0 Å². The van der Waals surface area contributed by atoms with Crippen molar-refractivity contribution in [3.05, 3.63) is 59.0 Å². The summed E-state index contributed by atoms with van der Waals surface area (Å²) in [4.78, 5) is 16.5. The Morgan fingerprint density at radius 2 is 2.24 bits per heavy atom. The summed E-state index contributed by atoms with van der Waals surface area (Å²) in [5.41, 5.74) is 2.84. The van der Waals surface area contributed by atoms with Crippen LogP contribution in [0.3, 0.4) is 0 Å². The molecule has 0 bridgehead atoms. The van der Waals surface area contributed by atoms with Crippen molar-refractivity contribution in [1.82, 2.24) is 9.55 Å². The zero-order valence-electron chi connectivity index (χ0n) is 12.1. The smallest absolute Gasteiger partial charge is 0.174 e. The summed E-state index contributed by atoms with van der Waals surface area (Å²) in [5.74, 6) is 0.479. The van der Waals surface area contributed by atoms with Gasteiger partial charge in [0.1, 0.15) is 0 Å². The van der Waals surface area contributed by atoms with E-state index in [1.807, 2.05) is 32.1 Å². The topological polar surface area (TPSA) is 34.9 Å².